The molecule has 0 spiro atoms. The first-order valence-corrected chi connectivity index (χ1v) is 23.0. The van der Waals surface area contributed by atoms with E-state index in [1.165, 1.54) is 48.5 Å². The molecule has 2 saturated heterocycles. The van der Waals surface area contributed by atoms with Crippen LogP contribution >= 0.6 is 0 Å². The van der Waals surface area contributed by atoms with Crippen molar-refractivity contribution in [2.45, 2.75) is 74.5 Å². The predicted octanol–water partition coefficient (Wildman–Crippen LogP) is 5.72. The lowest BCUT2D eigenvalue weighted by Crippen LogP contribution is -2.47. The number of piperidine rings is 1. The second-order valence-electron chi connectivity index (χ2n) is 16.2. The van der Waals surface area contributed by atoms with Gasteiger partial charge in [0.05, 0.1) is 17.7 Å². The molecule has 0 aliphatic carbocycles. The number of carbonyl (C=O) groups excluding carboxylic acids is 4. The number of imide groups is 1. The van der Waals surface area contributed by atoms with E-state index < -0.39 is 52.0 Å². The van der Waals surface area contributed by atoms with Crippen molar-refractivity contribution in [3.8, 4) is 23.0 Å². The number of sulfonamides is 1. The summed E-state index contributed by atoms with van der Waals surface area (Å²) in [5.41, 5.74) is 2.77. The van der Waals surface area contributed by atoms with Crippen molar-refractivity contribution in [2.75, 3.05) is 37.2 Å². The number of phenols is 2. The van der Waals surface area contributed by atoms with Crippen molar-refractivity contribution in [3.63, 3.8) is 0 Å². The summed E-state index contributed by atoms with van der Waals surface area (Å²) in [6.07, 6.45) is -3.31. The third-order valence-corrected chi connectivity index (χ3v) is 13.7. The molecule has 7 rings (SSSR count). The number of aromatic hydroxyl groups is 2. The molecule has 0 radical (unpaired) electrons. The van der Waals surface area contributed by atoms with Gasteiger partial charge in [-0.05, 0) is 114 Å². The summed E-state index contributed by atoms with van der Waals surface area (Å²) in [4.78, 5) is 48.2. The highest BCUT2D eigenvalue weighted by molar-refractivity contribution is 7.93. The number of ether oxygens (including phenoxy) is 3. The molecule has 4 aromatic rings. The summed E-state index contributed by atoms with van der Waals surface area (Å²) in [7, 11) is -4.74. The number of hydrogen-bond acceptors (Lipinski definition) is 11. The Hall–Kier alpha value is -6.60. The van der Waals surface area contributed by atoms with Crippen LogP contribution in [-0.4, -0.2) is 98.7 Å². The van der Waals surface area contributed by atoms with Crippen molar-refractivity contribution in [3.05, 3.63) is 114 Å². The van der Waals surface area contributed by atoms with E-state index >= 15 is 0 Å². The van der Waals surface area contributed by atoms with E-state index in [1.807, 2.05) is 0 Å². The number of fused-ring (bicyclic) bond motifs is 2. The molecule has 19 heteroatoms. The van der Waals surface area contributed by atoms with Gasteiger partial charge in [0, 0.05) is 19.5 Å². The Labute approximate surface area is 379 Å². The minimum Gasteiger partial charge on any atom is -0.508 e. The van der Waals surface area contributed by atoms with E-state index in [0.717, 1.165) is 18.4 Å². The largest absolute Gasteiger partial charge is 0.508 e. The van der Waals surface area contributed by atoms with Gasteiger partial charge in [0.25, 0.3) is 11.8 Å². The van der Waals surface area contributed by atoms with E-state index in [0.29, 0.717) is 64.7 Å². The maximum absolute atomic E-state index is 14.3. The van der Waals surface area contributed by atoms with E-state index in [1.54, 1.807) is 48.5 Å². The number of alkyl halides is 3. The van der Waals surface area contributed by atoms with Crippen LogP contribution < -0.4 is 29.7 Å². The highest BCUT2D eigenvalue weighted by Gasteiger charge is 2.55. The lowest BCUT2D eigenvalue weighted by atomic mass is 9.83. The quantitative estimate of drug-likeness (QED) is 0.0535. The molecule has 3 heterocycles. The first kappa shape index (κ1) is 47.4. The number of rotatable bonds is 20. The molecule has 4 unspecified atom stereocenters. The van der Waals surface area contributed by atoms with Crippen molar-refractivity contribution in [1.82, 2.24) is 16.0 Å². The number of unbranched alkanes of at least 4 members (excludes halogenated alkanes) is 3. The Balaban J connectivity index is 0.839. The number of halogens is 3. The summed E-state index contributed by atoms with van der Waals surface area (Å²) in [6, 6.07) is 24.0. The maximum atomic E-state index is 14.3. The fourth-order valence-electron chi connectivity index (χ4n) is 8.27. The SMILES string of the molecule is O=C(COc1ccc(C2CCC(=O)NC2=O)cc1)NCCCCCCNC(=O)COc1ccc(N(CC(F)(F)F)S(=O)(=O)C2CC3OC2C(c2ccc(O)cc2)=C3c2ccc(O)cc2)cc1. The van der Waals surface area contributed by atoms with Gasteiger partial charge in [0.1, 0.15) is 40.9 Å². The average molecular weight is 935 g/mol. The average Bonchev–Trinajstić information content (AvgIpc) is 3.89. The molecule has 66 heavy (non-hydrogen) atoms. The van der Waals surface area contributed by atoms with Crippen LogP contribution in [0.5, 0.6) is 23.0 Å². The Kier molecular flexibility index (Phi) is 14.9. The third-order valence-electron chi connectivity index (χ3n) is 11.5. The van der Waals surface area contributed by atoms with Crippen LogP contribution in [0.25, 0.3) is 11.1 Å². The number of anilines is 1. The van der Waals surface area contributed by atoms with Crippen LogP contribution in [0.2, 0.25) is 0 Å². The Morgan fingerprint density at radius 2 is 1.26 bits per heavy atom. The zero-order valence-electron chi connectivity index (χ0n) is 35.6. The Morgan fingerprint density at radius 3 is 1.77 bits per heavy atom. The number of hydrogen-bond donors (Lipinski definition) is 5. The van der Waals surface area contributed by atoms with Crippen molar-refractivity contribution < 1.29 is 65.2 Å². The van der Waals surface area contributed by atoms with Gasteiger partial charge in [-0.25, -0.2) is 8.42 Å². The number of amides is 4. The zero-order valence-corrected chi connectivity index (χ0v) is 36.4. The van der Waals surface area contributed by atoms with Crippen molar-refractivity contribution in [2.24, 2.45) is 0 Å². The first-order chi connectivity index (χ1) is 31.6. The van der Waals surface area contributed by atoms with Crippen LogP contribution in [0, 0.1) is 0 Å². The second-order valence-corrected chi connectivity index (χ2v) is 18.2. The molecule has 4 atom stereocenters. The fourth-order valence-corrected chi connectivity index (χ4v) is 10.3. The Morgan fingerprint density at radius 1 is 0.742 bits per heavy atom. The van der Waals surface area contributed by atoms with Crippen LogP contribution in [0.15, 0.2) is 97.1 Å². The highest BCUT2D eigenvalue weighted by atomic mass is 32.2. The van der Waals surface area contributed by atoms with Crippen LogP contribution in [0.4, 0.5) is 18.9 Å². The molecule has 15 nitrogen and oxygen atoms in total. The Bertz CT molecular complexity index is 2520. The predicted molar refractivity (Wildman–Crippen MR) is 236 cm³/mol. The molecule has 2 fully saturated rings. The smallest absolute Gasteiger partial charge is 0.407 e. The van der Waals surface area contributed by atoms with E-state index in [2.05, 4.69) is 16.0 Å². The summed E-state index contributed by atoms with van der Waals surface area (Å²) in [5, 5.41) is 26.3. The molecule has 3 aliphatic heterocycles. The van der Waals surface area contributed by atoms with Crippen molar-refractivity contribution >= 4 is 50.5 Å². The first-order valence-electron chi connectivity index (χ1n) is 21.4. The van der Waals surface area contributed by atoms with Crippen LogP contribution in [-0.2, 0) is 33.9 Å². The maximum Gasteiger partial charge on any atom is 0.407 e. The van der Waals surface area contributed by atoms with Gasteiger partial charge in [0.15, 0.2) is 13.2 Å². The summed E-state index contributed by atoms with van der Waals surface area (Å²) in [6.45, 7) is -1.57. The van der Waals surface area contributed by atoms with E-state index in [4.69, 9.17) is 14.2 Å². The molecule has 0 aromatic heterocycles. The summed E-state index contributed by atoms with van der Waals surface area (Å²) < 4.78 is 88.4. The molecule has 5 N–H and O–H groups in total. The van der Waals surface area contributed by atoms with E-state index in [9.17, 15) is 51.0 Å². The van der Waals surface area contributed by atoms with Gasteiger partial charge in [-0.15, -0.1) is 0 Å². The third kappa shape index (κ3) is 11.8. The number of carbonyl (C=O) groups is 4. The highest BCUT2D eigenvalue weighted by Crippen LogP contribution is 2.51. The molecular formula is C47H49F3N4O11S. The number of benzene rings is 4. The van der Waals surface area contributed by atoms with Crippen LogP contribution in [0.3, 0.4) is 0 Å². The van der Waals surface area contributed by atoms with Gasteiger partial charge in [-0.3, -0.25) is 28.8 Å². The molecule has 4 aromatic carbocycles. The van der Waals surface area contributed by atoms with Gasteiger partial charge in [0.2, 0.25) is 21.8 Å². The molecule has 350 valence electrons. The van der Waals surface area contributed by atoms with E-state index in [-0.39, 0.29) is 66.7 Å². The number of phenolic OH excluding ortho intramolecular Hbond substituents is 2. The van der Waals surface area contributed by atoms with Crippen LogP contribution in [0.1, 0.15) is 67.6 Å². The lowest BCUT2D eigenvalue weighted by Gasteiger charge is -2.32. The van der Waals surface area contributed by atoms with Gasteiger partial charge in [-0.1, -0.05) is 49.2 Å². The monoisotopic (exact) mass is 934 g/mol. The molecule has 4 amide bonds. The van der Waals surface area contributed by atoms with Crippen molar-refractivity contribution in [1.29, 1.82) is 0 Å². The molecule has 3 aliphatic rings. The fraction of sp³-hybridized carbons (Fsp3) is 0.362. The molecule has 2 bridgehead atoms. The minimum atomic E-state index is -4.91. The topological polar surface area (TPSA) is 210 Å². The standard InChI is InChI=1S/C47H49F3N4O11S/c48-47(49,50)28-54(66(61,62)39-25-38-43(30-5-13-33(55)14-6-30)44(45(39)65-38)31-7-15-34(56)16-8-31)32-11-19-36(20-12-32)64-27-42(59)52-24-4-2-1-3-23-51-41(58)26-63-35-17-9-29(10-18-35)37-21-22-40(57)53-46(37)60/h5-20,37-39,45,55-56H,1-4,21-28H2,(H,51,58)(H,52,59)(H,53,57,60). The normalized spacial score (nSPS) is 19.3. The van der Waals surface area contributed by atoms with Gasteiger partial charge in [-0.2, -0.15) is 13.2 Å². The minimum absolute atomic E-state index is 0.0131. The number of nitrogens with zero attached hydrogens (tertiary/aromatic N) is 1. The van der Waals surface area contributed by atoms with Gasteiger partial charge < -0.3 is 35.1 Å². The summed E-state index contributed by atoms with van der Waals surface area (Å²) in [5.74, 6) is -1.16. The zero-order chi connectivity index (χ0) is 47.0. The number of nitrogens with one attached hydrogen (secondary N) is 3. The summed E-state index contributed by atoms with van der Waals surface area (Å²) >= 11 is 0. The second kappa shape index (κ2) is 20.7. The lowest BCUT2D eigenvalue weighted by molar-refractivity contribution is -0.134. The molecular weight excluding hydrogens is 886 g/mol. The molecule has 0 saturated carbocycles. The van der Waals surface area contributed by atoms with Gasteiger partial charge >= 0.3 is 6.18 Å².